The van der Waals surface area contributed by atoms with Crippen molar-refractivity contribution in [2.24, 2.45) is 4.40 Å². The second-order valence-corrected chi connectivity index (χ2v) is 9.52. The number of hydrogen-bond acceptors (Lipinski definition) is 5. The quantitative estimate of drug-likeness (QED) is 0.783. The number of rotatable bonds is 4. The third kappa shape index (κ3) is 3.37. The van der Waals surface area contributed by atoms with E-state index in [1.165, 1.54) is 17.0 Å². The van der Waals surface area contributed by atoms with Crippen LogP contribution < -0.4 is 0 Å². The lowest BCUT2D eigenvalue weighted by Crippen LogP contribution is -2.30. The lowest BCUT2D eigenvalue weighted by atomic mass is 10.1. The van der Waals surface area contributed by atoms with E-state index in [0.717, 1.165) is 28.7 Å². The van der Waals surface area contributed by atoms with Gasteiger partial charge in [0.05, 0.1) is 4.34 Å². The fraction of sp³-hybridized carbons (Fsp3) is 0.200. The molecule has 1 aliphatic heterocycles. The number of amidine groups is 1. The van der Waals surface area contributed by atoms with Crippen molar-refractivity contribution in [1.29, 1.82) is 0 Å². The predicted octanol–water partition coefficient (Wildman–Crippen LogP) is 3.78. The molecule has 0 unspecified atom stereocenters. The van der Waals surface area contributed by atoms with E-state index in [-0.39, 0.29) is 15.3 Å². The van der Waals surface area contributed by atoms with Gasteiger partial charge in [0.2, 0.25) is 5.91 Å². The zero-order chi connectivity index (χ0) is 17.3. The molecule has 2 heterocycles. The Morgan fingerprint density at radius 1 is 1.21 bits per heavy atom. The molecule has 0 radical (unpaired) electrons. The van der Waals surface area contributed by atoms with E-state index in [2.05, 4.69) is 4.40 Å². The molecule has 5 nitrogen and oxygen atoms in total. The molecule has 24 heavy (non-hydrogen) atoms. The number of thioether (sulfide) groups is 1. The van der Waals surface area contributed by atoms with E-state index in [1.54, 1.807) is 6.92 Å². The monoisotopic (exact) mass is 400 g/mol. The molecular weight excluding hydrogens is 388 g/mol. The lowest BCUT2D eigenvalue weighted by molar-refractivity contribution is -0.126. The van der Waals surface area contributed by atoms with Crippen LogP contribution in [0.25, 0.3) is 0 Å². The van der Waals surface area contributed by atoms with Crippen molar-refractivity contribution in [2.75, 3.05) is 6.54 Å². The molecule has 0 saturated carbocycles. The summed E-state index contributed by atoms with van der Waals surface area (Å²) in [5.74, 6) is -0.160. The van der Waals surface area contributed by atoms with Crippen LogP contribution in [0.2, 0.25) is 4.34 Å². The maximum atomic E-state index is 12.6. The number of carbonyl (C=O) groups is 1. The van der Waals surface area contributed by atoms with Crippen LogP contribution in [0.4, 0.5) is 0 Å². The topological polar surface area (TPSA) is 66.8 Å². The molecule has 1 saturated heterocycles. The molecule has 1 fully saturated rings. The molecule has 0 aliphatic carbocycles. The van der Waals surface area contributed by atoms with Crippen molar-refractivity contribution < 1.29 is 13.2 Å². The number of halogens is 1. The molecule has 1 amide bonds. The minimum absolute atomic E-state index is 0.0623. The first kappa shape index (κ1) is 17.5. The fourth-order valence-corrected chi connectivity index (χ4v) is 6.14. The summed E-state index contributed by atoms with van der Waals surface area (Å²) in [5.41, 5.74) is 0.827. The molecule has 1 aromatic heterocycles. The first-order chi connectivity index (χ1) is 11.4. The van der Waals surface area contributed by atoms with E-state index in [0.29, 0.717) is 10.9 Å². The van der Waals surface area contributed by atoms with E-state index in [1.807, 2.05) is 30.3 Å². The van der Waals surface area contributed by atoms with Crippen molar-refractivity contribution in [1.82, 2.24) is 4.90 Å². The average molecular weight is 401 g/mol. The summed E-state index contributed by atoms with van der Waals surface area (Å²) in [5, 5.41) is -0.284. The van der Waals surface area contributed by atoms with Gasteiger partial charge in [-0.05, 0) is 24.6 Å². The summed E-state index contributed by atoms with van der Waals surface area (Å²) in [6.07, 6.45) is 0. The highest BCUT2D eigenvalue weighted by Gasteiger charge is 2.39. The Morgan fingerprint density at radius 2 is 1.92 bits per heavy atom. The van der Waals surface area contributed by atoms with Gasteiger partial charge in [-0.15, -0.1) is 15.7 Å². The highest BCUT2D eigenvalue weighted by molar-refractivity contribution is 8.15. The van der Waals surface area contributed by atoms with Crippen LogP contribution in [0, 0.1) is 0 Å². The molecule has 2 aromatic rings. The first-order valence-electron chi connectivity index (χ1n) is 7.05. The van der Waals surface area contributed by atoms with Gasteiger partial charge >= 0.3 is 0 Å². The van der Waals surface area contributed by atoms with Crippen LogP contribution >= 0.6 is 34.7 Å². The number of likely N-dealkylation sites (N-methyl/N-ethyl adjacent to an activating group) is 1. The van der Waals surface area contributed by atoms with E-state index in [9.17, 15) is 13.2 Å². The highest BCUT2D eigenvalue weighted by Crippen LogP contribution is 2.40. The second kappa shape index (κ2) is 6.87. The van der Waals surface area contributed by atoms with Gasteiger partial charge in [0, 0.05) is 6.54 Å². The minimum atomic E-state index is -3.89. The maximum Gasteiger partial charge on any atom is 0.294 e. The summed E-state index contributed by atoms with van der Waals surface area (Å²) in [4.78, 5) is 14.0. The molecule has 1 atom stereocenters. The number of amides is 1. The smallest absolute Gasteiger partial charge is 0.290 e. The summed E-state index contributed by atoms with van der Waals surface area (Å²) in [6.45, 7) is 2.14. The predicted molar refractivity (Wildman–Crippen MR) is 98.1 cm³/mol. The minimum Gasteiger partial charge on any atom is -0.290 e. The van der Waals surface area contributed by atoms with Crippen LogP contribution in [0.1, 0.15) is 17.7 Å². The van der Waals surface area contributed by atoms with Gasteiger partial charge in [-0.25, -0.2) is 0 Å². The number of hydrogen-bond donors (Lipinski definition) is 0. The highest BCUT2D eigenvalue weighted by atomic mass is 35.5. The van der Waals surface area contributed by atoms with E-state index < -0.39 is 15.3 Å². The molecule has 1 aliphatic rings. The number of nitrogens with zero attached hydrogens (tertiary/aromatic N) is 2. The van der Waals surface area contributed by atoms with Crippen molar-refractivity contribution >= 4 is 55.8 Å². The Hall–Kier alpha value is -1.35. The number of benzene rings is 1. The number of carbonyl (C=O) groups excluding carboxylic acids is 1. The fourth-order valence-electron chi connectivity index (χ4n) is 2.24. The molecule has 0 N–H and O–H groups in total. The van der Waals surface area contributed by atoms with Crippen LogP contribution in [-0.4, -0.2) is 30.9 Å². The van der Waals surface area contributed by atoms with Gasteiger partial charge in [-0.1, -0.05) is 53.7 Å². The summed E-state index contributed by atoms with van der Waals surface area (Å²) < 4.78 is 29.2. The largest absolute Gasteiger partial charge is 0.294 e. The van der Waals surface area contributed by atoms with Gasteiger partial charge in [0.25, 0.3) is 10.0 Å². The molecule has 0 bridgehead atoms. The summed E-state index contributed by atoms with van der Waals surface area (Å²) >= 11 is 7.90. The normalized spacial score (nSPS) is 20.1. The maximum absolute atomic E-state index is 12.6. The van der Waals surface area contributed by atoms with Crippen LogP contribution in [0.15, 0.2) is 51.1 Å². The molecule has 1 aromatic carbocycles. The zero-order valence-corrected chi connectivity index (χ0v) is 15.8. The number of thiophene rings is 1. The number of sulfonamides is 1. The molecule has 126 valence electrons. The Labute approximate surface area is 153 Å². The molecule has 3 rings (SSSR count). The van der Waals surface area contributed by atoms with Crippen LogP contribution in [-0.2, 0) is 14.8 Å². The third-order valence-corrected chi connectivity index (χ3v) is 7.68. The average Bonchev–Trinajstić information content (AvgIpc) is 3.12. The van der Waals surface area contributed by atoms with Gasteiger partial charge in [0.1, 0.15) is 9.46 Å². The Balaban J connectivity index is 1.97. The Morgan fingerprint density at radius 3 is 2.50 bits per heavy atom. The lowest BCUT2D eigenvalue weighted by Gasteiger charge is -2.13. The molecule has 9 heteroatoms. The Kier molecular flexibility index (Phi) is 5.00. The van der Waals surface area contributed by atoms with Gasteiger partial charge in [-0.3, -0.25) is 9.69 Å². The summed E-state index contributed by atoms with van der Waals surface area (Å²) in [7, 11) is -3.89. The summed E-state index contributed by atoms with van der Waals surface area (Å²) in [6, 6.07) is 12.2. The van der Waals surface area contributed by atoms with Crippen LogP contribution in [0.5, 0.6) is 0 Å². The third-order valence-electron chi connectivity index (χ3n) is 3.36. The van der Waals surface area contributed by atoms with Crippen molar-refractivity contribution in [3.63, 3.8) is 0 Å². The van der Waals surface area contributed by atoms with Gasteiger partial charge < -0.3 is 0 Å². The van der Waals surface area contributed by atoms with Crippen LogP contribution in [0.3, 0.4) is 0 Å². The first-order valence-corrected chi connectivity index (χ1v) is 10.6. The molecular formula is C15H13ClN2O3S3. The van der Waals surface area contributed by atoms with Gasteiger partial charge in [-0.2, -0.15) is 8.42 Å². The second-order valence-electron chi connectivity index (χ2n) is 4.90. The van der Waals surface area contributed by atoms with E-state index >= 15 is 0 Å². The van der Waals surface area contributed by atoms with Gasteiger partial charge in [0.15, 0.2) is 5.17 Å². The Bertz CT molecular complexity index is 894. The van der Waals surface area contributed by atoms with Crippen molar-refractivity contribution in [3.05, 3.63) is 52.4 Å². The van der Waals surface area contributed by atoms with Crippen molar-refractivity contribution in [3.8, 4) is 0 Å². The standard InChI is InChI=1S/C15H13ClN2O3S3/c1-2-18-14(19)13(10-6-4-3-5-7-10)23-15(18)17-24(20,21)12-9-8-11(16)22-12/h3-9,13H,2H2,1H3/t13-/m0/s1. The molecule has 0 spiro atoms. The van der Waals surface area contributed by atoms with E-state index in [4.69, 9.17) is 11.6 Å². The SMILES string of the molecule is CCN1C(=O)[C@H](c2ccccc2)SC1=NS(=O)(=O)c1ccc(Cl)s1. The van der Waals surface area contributed by atoms with Crippen molar-refractivity contribution in [2.45, 2.75) is 16.4 Å². The zero-order valence-electron chi connectivity index (χ0n) is 12.5.